The van der Waals surface area contributed by atoms with Crippen molar-refractivity contribution in [2.24, 2.45) is 5.92 Å². The Hall–Kier alpha value is -2.06. The summed E-state index contributed by atoms with van der Waals surface area (Å²) in [6.07, 6.45) is -5.31. The van der Waals surface area contributed by atoms with E-state index in [4.69, 9.17) is 10.2 Å². The Balaban J connectivity index is 2.81. The molecule has 0 aliphatic heterocycles. The maximum Gasteiger partial charge on any atom is 0.416 e. The second-order valence-electron chi connectivity index (χ2n) is 5.28. The van der Waals surface area contributed by atoms with E-state index in [0.29, 0.717) is 0 Å². The van der Waals surface area contributed by atoms with Gasteiger partial charge in [0.05, 0.1) is 17.1 Å². The fourth-order valence-electron chi connectivity index (χ4n) is 2.18. The molecule has 140 valence electrons. The van der Waals surface area contributed by atoms with Gasteiger partial charge in [-0.25, -0.2) is 0 Å². The Bertz CT molecular complexity index is 634. The summed E-state index contributed by atoms with van der Waals surface area (Å²) in [5, 5.41) is 20.4. The number of halogens is 3. The molecule has 0 radical (unpaired) electrons. The zero-order chi connectivity index (χ0) is 19.2. The lowest BCUT2D eigenvalue weighted by Crippen LogP contribution is -2.32. The maximum absolute atomic E-state index is 12.5. The average Bonchev–Trinajstić information content (AvgIpc) is 2.49. The van der Waals surface area contributed by atoms with Gasteiger partial charge in [-0.2, -0.15) is 13.2 Å². The monoisotopic (exact) mass is 383 g/mol. The average molecular weight is 383 g/mol. The molecule has 7 nitrogen and oxygen atoms in total. The van der Waals surface area contributed by atoms with Crippen molar-refractivity contribution in [1.82, 2.24) is 0 Å². The van der Waals surface area contributed by atoms with E-state index >= 15 is 0 Å². The van der Waals surface area contributed by atoms with Crippen LogP contribution in [-0.4, -0.2) is 39.2 Å². The quantitative estimate of drug-likeness (QED) is 0.483. The van der Waals surface area contributed by atoms with Crippen LogP contribution >= 0.6 is 8.03 Å². The fraction of sp³-hybridized carbons (Fsp3) is 0.429. The van der Waals surface area contributed by atoms with Gasteiger partial charge in [-0.1, -0.05) is 0 Å². The van der Waals surface area contributed by atoms with Crippen molar-refractivity contribution in [2.45, 2.75) is 24.7 Å². The summed E-state index contributed by atoms with van der Waals surface area (Å²) in [7, 11) is -3.33. The molecule has 0 aromatic heterocycles. The maximum atomic E-state index is 12.5. The van der Waals surface area contributed by atoms with Crippen LogP contribution in [0.5, 0.6) is 0 Å². The number of rotatable bonds is 9. The third kappa shape index (κ3) is 6.75. The van der Waals surface area contributed by atoms with Crippen LogP contribution in [0.15, 0.2) is 24.3 Å². The van der Waals surface area contributed by atoms with Crippen LogP contribution in [0.4, 0.5) is 18.9 Å². The first-order valence-electron chi connectivity index (χ1n) is 7.11. The summed E-state index contributed by atoms with van der Waals surface area (Å²) in [5.74, 6) is -4.01. The number of carbonyl (C=O) groups is 2. The number of anilines is 1. The molecule has 3 atom stereocenters. The molecule has 25 heavy (non-hydrogen) atoms. The molecule has 11 heteroatoms. The summed E-state index contributed by atoms with van der Waals surface area (Å²) in [6.45, 7) is -0.295. The van der Waals surface area contributed by atoms with Crippen LogP contribution in [0.2, 0.25) is 0 Å². The molecule has 1 rings (SSSR count). The van der Waals surface area contributed by atoms with Crippen molar-refractivity contribution in [3.8, 4) is 0 Å². The highest BCUT2D eigenvalue weighted by Crippen LogP contribution is 2.33. The Labute approximate surface area is 141 Å². The molecule has 4 N–H and O–H groups in total. The predicted molar refractivity (Wildman–Crippen MR) is 82.9 cm³/mol. The van der Waals surface area contributed by atoms with Crippen LogP contribution in [0, 0.1) is 5.92 Å². The molecule has 1 aromatic carbocycles. The van der Waals surface area contributed by atoms with Gasteiger partial charge in [0.25, 0.3) is 0 Å². The summed E-state index contributed by atoms with van der Waals surface area (Å²) < 4.78 is 48.9. The summed E-state index contributed by atoms with van der Waals surface area (Å²) in [6, 6.07) is 3.86. The van der Waals surface area contributed by atoms with Crippen LogP contribution in [-0.2, 0) is 20.3 Å². The smallest absolute Gasteiger partial charge is 0.416 e. The zero-order valence-electron chi connectivity index (χ0n) is 12.8. The molecular formula is C14H17F3NO6P. The topological polar surface area (TPSA) is 124 Å². The molecule has 3 unspecified atom stereocenters. The largest absolute Gasteiger partial charge is 0.481 e. The molecule has 0 bridgehead atoms. The van der Waals surface area contributed by atoms with E-state index in [1.54, 1.807) is 0 Å². The van der Waals surface area contributed by atoms with E-state index in [9.17, 15) is 32.2 Å². The Morgan fingerprint density at radius 1 is 1.16 bits per heavy atom. The fourth-order valence-corrected chi connectivity index (χ4v) is 3.11. The van der Waals surface area contributed by atoms with Crippen LogP contribution in [0.3, 0.4) is 0 Å². The number of carboxylic acid groups (broad SMARTS) is 2. The van der Waals surface area contributed by atoms with Crippen molar-refractivity contribution in [2.75, 3.05) is 11.9 Å². The molecule has 1 aromatic rings. The SMILES string of the molecule is O=C(O)CCC(C(=O)O)C(CNc1ccc(C(F)(F)F)cc1)[PH](=O)O. The Kier molecular flexibility index (Phi) is 7.44. The lowest BCUT2D eigenvalue weighted by molar-refractivity contribution is -0.143. The molecule has 0 saturated carbocycles. The molecule has 0 heterocycles. The minimum absolute atomic E-state index is 0.212. The van der Waals surface area contributed by atoms with Crippen LogP contribution < -0.4 is 5.32 Å². The van der Waals surface area contributed by atoms with Crippen molar-refractivity contribution < 1.29 is 42.4 Å². The molecule has 0 saturated heterocycles. The first kappa shape index (κ1) is 21.0. The van der Waals surface area contributed by atoms with Crippen molar-refractivity contribution in [3.05, 3.63) is 29.8 Å². The minimum Gasteiger partial charge on any atom is -0.481 e. The second kappa shape index (κ2) is 8.87. The van der Waals surface area contributed by atoms with Gasteiger partial charge in [-0.3, -0.25) is 14.2 Å². The van der Waals surface area contributed by atoms with Crippen molar-refractivity contribution in [1.29, 1.82) is 0 Å². The van der Waals surface area contributed by atoms with Gasteiger partial charge in [0.15, 0.2) is 8.03 Å². The third-order valence-electron chi connectivity index (χ3n) is 3.53. The van der Waals surface area contributed by atoms with E-state index in [0.717, 1.165) is 24.3 Å². The Morgan fingerprint density at radius 3 is 2.12 bits per heavy atom. The second-order valence-corrected chi connectivity index (χ2v) is 6.70. The number of benzene rings is 1. The van der Waals surface area contributed by atoms with Gasteiger partial charge in [0, 0.05) is 18.7 Å². The van der Waals surface area contributed by atoms with Crippen LogP contribution in [0.25, 0.3) is 0 Å². The third-order valence-corrected chi connectivity index (χ3v) is 4.77. The van der Waals surface area contributed by atoms with Crippen molar-refractivity contribution >= 4 is 25.7 Å². The standard InChI is InChI=1S/C14H17F3NO6P/c15-14(16,17)8-1-3-9(4-2-8)18-7-11(25(23)24)10(13(21)22)5-6-12(19)20/h1-4,10-11,18,25H,5-7H2,(H,19,20)(H,21,22)(H,23,24). The first-order chi connectivity index (χ1) is 11.5. The van der Waals surface area contributed by atoms with E-state index in [-0.39, 0.29) is 18.7 Å². The first-order valence-corrected chi connectivity index (χ1v) is 8.54. The summed E-state index contributed by atoms with van der Waals surface area (Å²) >= 11 is 0. The van der Waals surface area contributed by atoms with Crippen LogP contribution in [0.1, 0.15) is 18.4 Å². The van der Waals surface area contributed by atoms with Gasteiger partial charge in [-0.05, 0) is 30.7 Å². The van der Waals surface area contributed by atoms with Gasteiger partial charge in [0.1, 0.15) is 0 Å². The lowest BCUT2D eigenvalue weighted by Gasteiger charge is -2.22. The van der Waals surface area contributed by atoms with Gasteiger partial charge < -0.3 is 20.4 Å². The summed E-state index contributed by atoms with van der Waals surface area (Å²) in [4.78, 5) is 31.2. The molecule has 0 fully saturated rings. The number of aliphatic carboxylic acids is 2. The molecule has 0 spiro atoms. The van der Waals surface area contributed by atoms with E-state index in [2.05, 4.69) is 5.32 Å². The highest BCUT2D eigenvalue weighted by atomic mass is 31.1. The molecule has 0 amide bonds. The molecule has 0 aliphatic carbocycles. The van der Waals surface area contributed by atoms with Gasteiger partial charge in [0.2, 0.25) is 0 Å². The van der Waals surface area contributed by atoms with E-state index in [1.807, 2.05) is 0 Å². The number of hydrogen-bond acceptors (Lipinski definition) is 4. The van der Waals surface area contributed by atoms with E-state index < -0.39 is 49.7 Å². The Morgan fingerprint density at radius 2 is 1.72 bits per heavy atom. The minimum atomic E-state index is -4.50. The highest BCUT2D eigenvalue weighted by Gasteiger charge is 2.32. The summed E-state index contributed by atoms with van der Waals surface area (Å²) in [5.41, 5.74) is -1.91. The highest BCUT2D eigenvalue weighted by molar-refractivity contribution is 7.39. The zero-order valence-corrected chi connectivity index (χ0v) is 13.8. The molecule has 0 aliphatic rings. The number of carboxylic acids is 2. The van der Waals surface area contributed by atoms with Crippen molar-refractivity contribution in [3.63, 3.8) is 0 Å². The van der Waals surface area contributed by atoms with E-state index in [1.165, 1.54) is 0 Å². The predicted octanol–water partition coefficient (Wildman–Crippen LogP) is 2.52. The number of alkyl halides is 3. The normalized spacial score (nSPS) is 15.2. The van der Waals surface area contributed by atoms with Gasteiger partial charge in [-0.15, -0.1) is 0 Å². The number of hydrogen-bond donors (Lipinski definition) is 4. The number of nitrogens with one attached hydrogen (secondary N) is 1. The van der Waals surface area contributed by atoms with Gasteiger partial charge >= 0.3 is 18.1 Å². The lowest BCUT2D eigenvalue weighted by atomic mass is 9.99. The molecular weight excluding hydrogens is 366 g/mol.